The third-order valence-corrected chi connectivity index (χ3v) is 5.34. The van der Waals surface area contributed by atoms with Crippen LogP contribution in [0.4, 0.5) is 6.01 Å². The van der Waals surface area contributed by atoms with E-state index in [1.807, 2.05) is 33.4 Å². The summed E-state index contributed by atoms with van der Waals surface area (Å²) < 4.78 is 9.36. The summed E-state index contributed by atoms with van der Waals surface area (Å²) in [6.45, 7) is 8.13. The molecule has 0 amide bonds. The van der Waals surface area contributed by atoms with E-state index in [9.17, 15) is 4.79 Å². The summed E-state index contributed by atoms with van der Waals surface area (Å²) in [5.41, 5.74) is 1.67. The van der Waals surface area contributed by atoms with Gasteiger partial charge in [0.1, 0.15) is 5.52 Å². The fourth-order valence-electron chi connectivity index (χ4n) is 3.74. The lowest BCUT2D eigenvalue weighted by Gasteiger charge is -2.35. The van der Waals surface area contributed by atoms with E-state index in [0.717, 1.165) is 47.5 Å². The average molecular weight is 336 g/mol. The quantitative estimate of drug-likeness (QED) is 0.788. The SMILES string of the molecule is C=c1c(=C)n(C2CC(Nc3nc4ccccc4o3)C2)c(=O)n1C1CC1. The molecular weight excluding hydrogens is 316 g/mol. The Balaban J connectivity index is 1.34. The summed E-state index contributed by atoms with van der Waals surface area (Å²) in [6, 6.07) is 9.00. The van der Waals surface area contributed by atoms with Gasteiger partial charge in [-0.1, -0.05) is 25.3 Å². The first-order valence-corrected chi connectivity index (χ1v) is 8.74. The fourth-order valence-corrected chi connectivity index (χ4v) is 3.74. The van der Waals surface area contributed by atoms with Crippen molar-refractivity contribution in [3.05, 3.63) is 45.4 Å². The summed E-state index contributed by atoms with van der Waals surface area (Å²) in [5, 5.41) is 4.85. The van der Waals surface area contributed by atoms with Crippen molar-refractivity contribution in [3.63, 3.8) is 0 Å². The smallest absolute Gasteiger partial charge is 0.329 e. The molecule has 2 aliphatic rings. The van der Waals surface area contributed by atoms with Crippen LogP contribution in [-0.4, -0.2) is 20.2 Å². The average Bonchev–Trinajstić information content (AvgIpc) is 3.26. The molecule has 1 N–H and O–H groups in total. The number of oxazole rings is 1. The summed E-state index contributed by atoms with van der Waals surface area (Å²) in [4.78, 5) is 17.1. The summed E-state index contributed by atoms with van der Waals surface area (Å²) >= 11 is 0. The maximum absolute atomic E-state index is 12.7. The molecule has 6 nitrogen and oxygen atoms in total. The van der Waals surface area contributed by atoms with Crippen molar-refractivity contribution < 1.29 is 4.42 Å². The van der Waals surface area contributed by atoms with Crippen molar-refractivity contribution in [2.45, 2.75) is 43.8 Å². The Morgan fingerprint density at radius 2 is 1.76 bits per heavy atom. The maximum Gasteiger partial charge on any atom is 0.329 e. The van der Waals surface area contributed by atoms with Gasteiger partial charge in [-0.25, -0.2) is 4.79 Å². The first-order chi connectivity index (χ1) is 12.1. The Kier molecular flexibility index (Phi) is 2.98. The maximum atomic E-state index is 12.7. The van der Waals surface area contributed by atoms with Crippen LogP contribution in [-0.2, 0) is 0 Å². The first kappa shape index (κ1) is 14.6. The predicted octanol–water partition coefficient (Wildman–Crippen LogP) is 1.76. The van der Waals surface area contributed by atoms with E-state index >= 15 is 0 Å². The second-order valence-corrected chi connectivity index (χ2v) is 7.10. The van der Waals surface area contributed by atoms with Crippen molar-refractivity contribution in [3.8, 4) is 0 Å². The Labute approximate surface area is 144 Å². The second kappa shape index (κ2) is 5.12. The molecule has 0 unspecified atom stereocenters. The highest BCUT2D eigenvalue weighted by Gasteiger charge is 2.35. The molecule has 25 heavy (non-hydrogen) atoms. The van der Waals surface area contributed by atoms with Gasteiger partial charge in [-0.15, -0.1) is 0 Å². The van der Waals surface area contributed by atoms with Crippen LogP contribution in [0.15, 0.2) is 33.5 Å². The van der Waals surface area contributed by atoms with E-state index in [1.165, 1.54) is 0 Å². The first-order valence-electron chi connectivity index (χ1n) is 8.74. The molecule has 1 aromatic carbocycles. The van der Waals surface area contributed by atoms with Crippen molar-refractivity contribution in [1.29, 1.82) is 0 Å². The van der Waals surface area contributed by atoms with Crippen molar-refractivity contribution >= 4 is 30.3 Å². The third-order valence-electron chi connectivity index (χ3n) is 5.34. The predicted molar refractivity (Wildman–Crippen MR) is 96.9 cm³/mol. The highest BCUT2D eigenvalue weighted by atomic mass is 16.4. The van der Waals surface area contributed by atoms with Crippen LogP contribution in [0.3, 0.4) is 0 Å². The number of hydrogen-bond donors (Lipinski definition) is 1. The number of hydrogen-bond acceptors (Lipinski definition) is 4. The number of benzene rings is 1. The van der Waals surface area contributed by atoms with Gasteiger partial charge in [-0.3, -0.25) is 9.13 Å². The molecule has 3 aromatic rings. The fraction of sp³-hybridized carbons (Fsp3) is 0.368. The number of para-hydroxylation sites is 2. The molecule has 0 aliphatic heterocycles. The zero-order chi connectivity index (χ0) is 17.1. The number of fused-ring (bicyclic) bond motifs is 1. The van der Waals surface area contributed by atoms with Gasteiger partial charge in [0.2, 0.25) is 0 Å². The second-order valence-electron chi connectivity index (χ2n) is 7.10. The van der Waals surface area contributed by atoms with Crippen LogP contribution in [0.25, 0.3) is 24.3 Å². The Hall–Kier alpha value is -2.76. The molecule has 0 saturated heterocycles. The third kappa shape index (κ3) is 2.24. The number of nitrogens with zero attached hydrogens (tertiary/aromatic N) is 3. The molecule has 0 radical (unpaired) electrons. The summed E-state index contributed by atoms with van der Waals surface area (Å²) in [5.74, 6) is 0. The number of aromatic nitrogens is 3. The molecule has 0 spiro atoms. The molecule has 6 heteroatoms. The van der Waals surface area contributed by atoms with E-state index in [1.54, 1.807) is 0 Å². The Bertz CT molecular complexity index is 1080. The van der Waals surface area contributed by atoms with Crippen molar-refractivity contribution in [2.24, 2.45) is 0 Å². The van der Waals surface area contributed by atoms with Crippen LogP contribution in [0.1, 0.15) is 37.8 Å². The van der Waals surface area contributed by atoms with Gasteiger partial charge in [0, 0.05) is 18.1 Å². The largest absolute Gasteiger partial charge is 0.424 e. The van der Waals surface area contributed by atoms with Gasteiger partial charge in [0.05, 0.1) is 10.7 Å². The zero-order valence-electron chi connectivity index (χ0n) is 13.9. The van der Waals surface area contributed by atoms with Gasteiger partial charge in [0.15, 0.2) is 5.58 Å². The monoisotopic (exact) mass is 336 g/mol. The minimum atomic E-state index is 0.0443. The van der Waals surface area contributed by atoms with Crippen LogP contribution in [0.5, 0.6) is 0 Å². The van der Waals surface area contributed by atoms with Crippen LogP contribution in [0.2, 0.25) is 0 Å². The van der Waals surface area contributed by atoms with Gasteiger partial charge < -0.3 is 9.73 Å². The summed E-state index contributed by atoms with van der Waals surface area (Å²) in [7, 11) is 0. The molecule has 2 aromatic heterocycles. The number of anilines is 1. The van der Waals surface area contributed by atoms with Gasteiger partial charge in [0.25, 0.3) is 6.01 Å². The standard InChI is InChI=1S/C19H20N4O2/c1-11-12(2)23(19(24)22(11)14-7-8-14)15-9-13(10-15)20-18-21-16-5-3-4-6-17(16)25-18/h3-6,13-15H,1-2,7-10H2,(H,20,21). The molecule has 5 rings (SSSR count). The zero-order valence-corrected chi connectivity index (χ0v) is 13.9. The topological polar surface area (TPSA) is 65.0 Å². The van der Waals surface area contributed by atoms with E-state index in [2.05, 4.69) is 23.5 Å². The van der Waals surface area contributed by atoms with Crippen molar-refractivity contribution in [2.75, 3.05) is 5.32 Å². The molecule has 2 aliphatic carbocycles. The van der Waals surface area contributed by atoms with E-state index in [-0.39, 0.29) is 17.8 Å². The number of imidazole rings is 1. The minimum absolute atomic E-state index is 0.0443. The normalized spacial score (nSPS) is 22.9. The van der Waals surface area contributed by atoms with Crippen LogP contribution in [0, 0.1) is 0 Å². The molecule has 2 saturated carbocycles. The molecule has 0 atom stereocenters. The highest BCUT2D eigenvalue weighted by Crippen LogP contribution is 2.34. The molecule has 2 heterocycles. The highest BCUT2D eigenvalue weighted by molar-refractivity contribution is 5.74. The molecule has 2 fully saturated rings. The lowest BCUT2D eigenvalue weighted by molar-refractivity contribution is 0.268. The summed E-state index contributed by atoms with van der Waals surface area (Å²) in [6.07, 6.45) is 3.85. The lowest BCUT2D eigenvalue weighted by Crippen LogP contribution is -2.44. The number of nitrogens with one attached hydrogen (secondary N) is 1. The van der Waals surface area contributed by atoms with Crippen molar-refractivity contribution in [1.82, 2.24) is 14.1 Å². The van der Waals surface area contributed by atoms with Gasteiger partial charge in [-0.05, 0) is 37.8 Å². The van der Waals surface area contributed by atoms with Gasteiger partial charge in [-0.2, -0.15) is 4.98 Å². The van der Waals surface area contributed by atoms with Crippen LogP contribution < -0.4 is 21.7 Å². The van der Waals surface area contributed by atoms with Crippen LogP contribution >= 0.6 is 0 Å². The molecule has 128 valence electrons. The Morgan fingerprint density at radius 3 is 2.44 bits per heavy atom. The van der Waals surface area contributed by atoms with Gasteiger partial charge >= 0.3 is 5.69 Å². The van der Waals surface area contributed by atoms with E-state index in [4.69, 9.17) is 4.42 Å². The lowest BCUT2D eigenvalue weighted by atomic mass is 9.86. The van der Waals surface area contributed by atoms with E-state index < -0.39 is 0 Å². The Morgan fingerprint density at radius 1 is 1.08 bits per heavy atom. The number of rotatable bonds is 4. The molecular formula is C19H20N4O2. The van der Waals surface area contributed by atoms with E-state index in [0.29, 0.717) is 12.1 Å². The molecule has 0 bridgehead atoms. The minimum Gasteiger partial charge on any atom is -0.424 e.